The van der Waals surface area contributed by atoms with Gasteiger partial charge < -0.3 is 9.47 Å². The number of carbonyl (C=O) groups excluding carboxylic acids is 2. The summed E-state index contributed by atoms with van der Waals surface area (Å²) < 4.78 is 9.97. The van der Waals surface area contributed by atoms with E-state index in [2.05, 4.69) is 23.7 Å². The van der Waals surface area contributed by atoms with Crippen molar-refractivity contribution in [3.63, 3.8) is 0 Å². The average Bonchev–Trinajstić information content (AvgIpc) is 2.39. The largest absolute Gasteiger partial charge is 0.464 e. The second-order valence-corrected chi connectivity index (χ2v) is 4.25. The Hall–Kier alpha value is -1.94. The SMILES string of the molecule is CC#CCCOC(=O)C(C)(C)C(=O)OCCC#CC. The van der Waals surface area contributed by atoms with E-state index in [9.17, 15) is 9.59 Å². The molecule has 0 aliphatic heterocycles. The highest BCUT2D eigenvalue weighted by atomic mass is 16.6. The lowest BCUT2D eigenvalue weighted by molar-refractivity contribution is -0.169. The predicted molar refractivity (Wildman–Crippen MR) is 71.8 cm³/mol. The predicted octanol–water partition coefficient (Wildman–Crippen LogP) is 1.93. The molecule has 0 amide bonds. The molecule has 0 fully saturated rings. The molecule has 0 aromatic heterocycles. The number of esters is 2. The Morgan fingerprint density at radius 2 is 1.26 bits per heavy atom. The minimum absolute atomic E-state index is 0.178. The first-order valence-corrected chi connectivity index (χ1v) is 6.10. The molecule has 0 saturated carbocycles. The van der Waals surface area contributed by atoms with E-state index in [1.54, 1.807) is 13.8 Å². The van der Waals surface area contributed by atoms with Crippen molar-refractivity contribution >= 4 is 11.9 Å². The fourth-order valence-electron chi connectivity index (χ4n) is 1.08. The van der Waals surface area contributed by atoms with E-state index in [1.807, 2.05) is 0 Å². The van der Waals surface area contributed by atoms with Crippen LogP contribution in [0.15, 0.2) is 0 Å². The summed E-state index contributed by atoms with van der Waals surface area (Å²) in [4.78, 5) is 23.5. The highest BCUT2D eigenvalue weighted by molar-refractivity contribution is 5.99. The third-order valence-corrected chi connectivity index (χ3v) is 2.29. The van der Waals surface area contributed by atoms with Gasteiger partial charge in [-0.3, -0.25) is 9.59 Å². The molecule has 0 bridgehead atoms. The van der Waals surface area contributed by atoms with Crippen LogP contribution in [0, 0.1) is 29.1 Å². The first kappa shape index (κ1) is 17.1. The van der Waals surface area contributed by atoms with Crippen molar-refractivity contribution in [2.24, 2.45) is 5.41 Å². The number of carbonyl (C=O) groups is 2. The van der Waals surface area contributed by atoms with Crippen LogP contribution >= 0.6 is 0 Å². The van der Waals surface area contributed by atoms with Gasteiger partial charge in [0.15, 0.2) is 5.41 Å². The molecule has 0 spiro atoms. The highest BCUT2D eigenvalue weighted by Gasteiger charge is 2.39. The maximum absolute atomic E-state index is 11.8. The Kier molecular flexibility index (Phi) is 8.13. The molecule has 0 rings (SSSR count). The van der Waals surface area contributed by atoms with Crippen LogP contribution in [0.2, 0.25) is 0 Å². The quantitative estimate of drug-likeness (QED) is 0.318. The molecular weight excluding hydrogens is 244 g/mol. The summed E-state index contributed by atoms with van der Waals surface area (Å²) in [5, 5.41) is 0. The van der Waals surface area contributed by atoms with Gasteiger partial charge in [-0.05, 0) is 27.7 Å². The van der Waals surface area contributed by atoms with E-state index in [-0.39, 0.29) is 13.2 Å². The topological polar surface area (TPSA) is 52.6 Å². The number of hydrogen-bond donors (Lipinski definition) is 0. The zero-order valence-corrected chi connectivity index (χ0v) is 12.0. The van der Waals surface area contributed by atoms with Crippen LogP contribution in [0.5, 0.6) is 0 Å². The van der Waals surface area contributed by atoms with Crippen LogP contribution in [0.25, 0.3) is 0 Å². The summed E-state index contributed by atoms with van der Waals surface area (Å²) in [5.41, 5.74) is -1.31. The smallest absolute Gasteiger partial charge is 0.322 e. The molecule has 19 heavy (non-hydrogen) atoms. The van der Waals surface area contributed by atoms with Crippen LogP contribution in [-0.4, -0.2) is 25.2 Å². The number of ether oxygens (including phenoxy) is 2. The summed E-state index contributed by atoms with van der Waals surface area (Å²) in [7, 11) is 0. The normalized spacial score (nSPS) is 9.47. The van der Waals surface area contributed by atoms with Gasteiger partial charge in [-0.15, -0.1) is 23.7 Å². The zero-order chi connectivity index (χ0) is 14.7. The first-order chi connectivity index (χ1) is 8.96. The minimum Gasteiger partial charge on any atom is -0.464 e. The van der Waals surface area contributed by atoms with Crippen molar-refractivity contribution in [2.45, 2.75) is 40.5 Å². The standard InChI is InChI=1S/C15H20O4/c1-5-7-9-11-18-13(16)15(3,4)14(17)19-12-10-8-6-2/h9-12H2,1-4H3. The molecule has 4 heteroatoms. The monoisotopic (exact) mass is 264 g/mol. The summed E-state index contributed by atoms with van der Waals surface area (Å²) in [6.45, 7) is 6.74. The van der Waals surface area contributed by atoms with Crippen LogP contribution in [-0.2, 0) is 19.1 Å². The molecule has 0 heterocycles. The Balaban J connectivity index is 4.22. The Bertz CT molecular complexity index is 387. The summed E-state index contributed by atoms with van der Waals surface area (Å²) in [5.74, 6) is 9.74. The van der Waals surface area contributed by atoms with Crippen molar-refractivity contribution in [3.8, 4) is 23.7 Å². The van der Waals surface area contributed by atoms with Gasteiger partial charge in [-0.1, -0.05) is 0 Å². The van der Waals surface area contributed by atoms with Crippen LogP contribution < -0.4 is 0 Å². The number of hydrogen-bond acceptors (Lipinski definition) is 4. The van der Waals surface area contributed by atoms with Crippen LogP contribution in [0.1, 0.15) is 40.5 Å². The maximum Gasteiger partial charge on any atom is 0.322 e. The minimum atomic E-state index is -1.31. The molecule has 0 aromatic rings. The van der Waals surface area contributed by atoms with Gasteiger partial charge in [-0.25, -0.2) is 0 Å². The van der Waals surface area contributed by atoms with E-state index in [0.29, 0.717) is 12.8 Å². The van der Waals surface area contributed by atoms with Crippen LogP contribution in [0.4, 0.5) is 0 Å². The molecule has 0 aliphatic carbocycles. The van der Waals surface area contributed by atoms with Crippen LogP contribution in [0.3, 0.4) is 0 Å². The third-order valence-electron chi connectivity index (χ3n) is 2.29. The maximum atomic E-state index is 11.8. The number of rotatable bonds is 6. The van der Waals surface area contributed by atoms with E-state index >= 15 is 0 Å². The zero-order valence-electron chi connectivity index (χ0n) is 12.0. The molecule has 4 nitrogen and oxygen atoms in total. The molecule has 0 atom stereocenters. The van der Waals surface area contributed by atoms with Gasteiger partial charge in [-0.2, -0.15) is 0 Å². The summed E-state index contributed by atoms with van der Waals surface area (Å²) >= 11 is 0. The van der Waals surface area contributed by atoms with Crippen molar-refractivity contribution < 1.29 is 19.1 Å². The van der Waals surface area contributed by atoms with E-state index in [1.165, 1.54) is 13.8 Å². The molecule has 104 valence electrons. The van der Waals surface area contributed by atoms with Gasteiger partial charge in [0.25, 0.3) is 0 Å². The Morgan fingerprint density at radius 3 is 1.58 bits per heavy atom. The van der Waals surface area contributed by atoms with Crippen molar-refractivity contribution in [1.82, 2.24) is 0 Å². The lowest BCUT2D eigenvalue weighted by Crippen LogP contribution is -2.36. The highest BCUT2D eigenvalue weighted by Crippen LogP contribution is 2.19. The third kappa shape index (κ3) is 6.52. The first-order valence-electron chi connectivity index (χ1n) is 6.10. The van der Waals surface area contributed by atoms with Gasteiger partial charge in [0, 0.05) is 12.8 Å². The van der Waals surface area contributed by atoms with Crippen molar-refractivity contribution in [1.29, 1.82) is 0 Å². The Morgan fingerprint density at radius 1 is 0.895 bits per heavy atom. The fraction of sp³-hybridized carbons (Fsp3) is 0.600. The van der Waals surface area contributed by atoms with Gasteiger partial charge >= 0.3 is 11.9 Å². The summed E-state index contributed by atoms with van der Waals surface area (Å²) in [6, 6.07) is 0. The van der Waals surface area contributed by atoms with E-state index in [0.717, 1.165) is 0 Å². The lowest BCUT2D eigenvalue weighted by Gasteiger charge is -2.20. The second-order valence-electron chi connectivity index (χ2n) is 4.25. The molecular formula is C15H20O4. The molecule has 0 radical (unpaired) electrons. The molecule has 0 aromatic carbocycles. The summed E-state index contributed by atoms with van der Waals surface area (Å²) in [6.07, 6.45) is 0.916. The van der Waals surface area contributed by atoms with Crippen molar-refractivity contribution in [3.05, 3.63) is 0 Å². The second kappa shape index (κ2) is 9.05. The molecule has 0 N–H and O–H groups in total. The van der Waals surface area contributed by atoms with E-state index < -0.39 is 17.4 Å². The average molecular weight is 264 g/mol. The molecule has 0 unspecified atom stereocenters. The Labute approximate surface area is 114 Å². The van der Waals surface area contributed by atoms with Gasteiger partial charge in [0.1, 0.15) is 13.2 Å². The molecule has 0 aliphatic rings. The lowest BCUT2D eigenvalue weighted by atomic mass is 9.94. The van der Waals surface area contributed by atoms with Gasteiger partial charge in [0.2, 0.25) is 0 Å². The van der Waals surface area contributed by atoms with E-state index in [4.69, 9.17) is 9.47 Å². The fourth-order valence-corrected chi connectivity index (χ4v) is 1.08. The van der Waals surface area contributed by atoms with Crippen molar-refractivity contribution in [2.75, 3.05) is 13.2 Å². The van der Waals surface area contributed by atoms with Gasteiger partial charge in [0.05, 0.1) is 0 Å². The molecule has 0 saturated heterocycles.